The maximum absolute atomic E-state index is 13.2. The van der Waals surface area contributed by atoms with Gasteiger partial charge in [-0.15, -0.1) is 0 Å². The molecule has 3 atom stereocenters. The molecule has 4 heteroatoms. The van der Waals surface area contributed by atoms with Crippen molar-refractivity contribution in [1.29, 1.82) is 0 Å². The van der Waals surface area contributed by atoms with Crippen LogP contribution in [0.25, 0.3) is 0 Å². The van der Waals surface area contributed by atoms with Gasteiger partial charge < -0.3 is 10.2 Å². The average molecular weight is 355 g/mol. The third-order valence-corrected chi connectivity index (χ3v) is 6.18. The zero-order valence-corrected chi connectivity index (χ0v) is 15.4. The Labute approximate surface area is 154 Å². The number of fused-ring (bicyclic) bond motifs is 2. The van der Waals surface area contributed by atoms with Gasteiger partial charge in [0, 0.05) is 24.2 Å². The van der Waals surface area contributed by atoms with Crippen LogP contribution in [0.1, 0.15) is 47.9 Å². The number of aromatic hydroxyl groups is 1. The van der Waals surface area contributed by atoms with E-state index < -0.39 is 5.60 Å². The van der Waals surface area contributed by atoms with Crippen LogP contribution < -0.4 is 0 Å². The highest BCUT2D eigenvalue weighted by molar-refractivity contribution is 5.42. The fraction of sp³-hybridized carbons (Fsp3) is 0.455. The number of piperidine rings is 1. The largest absolute Gasteiger partial charge is 0.507 e. The van der Waals surface area contributed by atoms with Crippen molar-refractivity contribution in [3.8, 4) is 5.75 Å². The summed E-state index contributed by atoms with van der Waals surface area (Å²) < 4.78 is 13.2. The molecular weight excluding hydrogens is 329 g/mol. The van der Waals surface area contributed by atoms with Crippen LogP contribution in [-0.2, 0) is 12.1 Å². The highest BCUT2D eigenvalue weighted by atomic mass is 19.1. The summed E-state index contributed by atoms with van der Waals surface area (Å²) in [5.41, 5.74) is 2.95. The van der Waals surface area contributed by atoms with Crippen molar-refractivity contribution in [3.63, 3.8) is 0 Å². The molecule has 2 fully saturated rings. The summed E-state index contributed by atoms with van der Waals surface area (Å²) in [6.07, 6.45) is 3.42. The molecule has 3 nitrogen and oxygen atoms in total. The van der Waals surface area contributed by atoms with E-state index in [2.05, 4.69) is 11.0 Å². The minimum atomic E-state index is -0.888. The normalized spacial score (nSPS) is 28.5. The number of aryl methyl sites for hydroxylation is 2. The van der Waals surface area contributed by atoms with Gasteiger partial charge >= 0.3 is 0 Å². The van der Waals surface area contributed by atoms with E-state index in [0.29, 0.717) is 25.1 Å². The maximum Gasteiger partial charge on any atom is 0.123 e. The summed E-state index contributed by atoms with van der Waals surface area (Å²) in [5, 5.41) is 21.7. The van der Waals surface area contributed by atoms with Gasteiger partial charge in [-0.2, -0.15) is 0 Å². The lowest BCUT2D eigenvalue weighted by Crippen LogP contribution is -2.49. The molecule has 1 unspecified atom stereocenters. The lowest BCUT2D eigenvalue weighted by atomic mass is 9.80. The summed E-state index contributed by atoms with van der Waals surface area (Å²) in [5.74, 6) is 0.109. The summed E-state index contributed by atoms with van der Waals surface area (Å²) in [6, 6.07) is 10.9. The molecule has 2 aromatic rings. The first-order valence-electron chi connectivity index (χ1n) is 9.39. The summed E-state index contributed by atoms with van der Waals surface area (Å²) >= 11 is 0. The molecule has 2 aliphatic heterocycles. The predicted octanol–water partition coefficient (Wildman–Crippen LogP) is 4.16. The van der Waals surface area contributed by atoms with Crippen molar-refractivity contribution in [1.82, 2.24) is 4.90 Å². The van der Waals surface area contributed by atoms with Crippen molar-refractivity contribution < 1.29 is 14.6 Å². The molecule has 2 saturated heterocycles. The number of hydrogen-bond donors (Lipinski definition) is 2. The fourth-order valence-corrected chi connectivity index (χ4v) is 4.94. The van der Waals surface area contributed by atoms with E-state index in [9.17, 15) is 14.6 Å². The molecule has 0 radical (unpaired) electrons. The second kappa shape index (κ2) is 6.36. The lowest BCUT2D eigenvalue weighted by Gasteiger charge is -2.44. The third kappa shape index (κ3) is 3.01. The zero-order valence-electron chi connectivity index (χ0n) is 15.4. The van der Waals surface area contributed by atoms with E-state index in [1.54, 1.807) is 12.1 Å². The molecule has 2 heterocycles. The minimum absolute atomic E-state index is 0.275. The van der Waals surface area contributed by atoms with Gasteiger partial charge in [-0.05, 0) is 62.8 Å². The Balaban J connectivity index is 1.57. The standard InChI is InChI=1S/C22H26FNO2/c1-14-9-15(2)21(25)16(10-14)13-24-19-7-8-20(24)12-22(26,11-19)17-3-5-18(23)6-4-17/h3-6,9-10,19-20,25-26H,7-8,11-13H2,1-2H3/t19-,20+,22?. The van der Waals surface area contributed by atoms with Gasteiger partial charge in [0.25, 0.3) is 0 Å². The molecule has 0 aromatic heterocycles. The van der Waals surface area contributed by atoms with Crippen molar-refractivity contribution in [2.24, 2.45) is 0 Å². The molecule has 2 aliphatic rings. The van der Waals surface area contributed by atoms with Crippen LogP contribution >= 0.6 is 0 Å². The molecular formula is C22H26FNO2. The SMILES string of the molecule is Cc1cc(C)c(O)c(CN2[C@@H]3CC[C@H]2CC(O)(c2ccc(F)cc2)C3)c1. The first-order chi connectivity index (χ1) is 12.4. The van der Waals surface area contributed by atoms with Crippen LogP contribution in [0, 0.1) is 19.7 Å². The van der Waals surface area contributed by atoms with Gasteiger partial charge in [0.05, 0.1) is 5.60 Å². The number of hydrogen-bond acceptors (Lipinski definition) is 3. The first-order valence-corrected chi connectivity index (χ1v) is 9.39. The van der Waals surface area contributed by atoms with E-state index in [-0.39, 0.29) is 17.9 Å². The quantitative estimate of drug-likeness (QED) is 0.869. The van der Waals surface area contributed by atoms with E-state index in [0.717, 1.165) is 35.1 Å². The maximum atomic E-state index is 13.2. The van der Waals surface area contributed by atoms with Crippen LogP contribution in [0.5, 0.6) is 5.75 Å². The van der Waals surface area contributed by atoms with Gasteiger partial charge in [0.2, 0.25) is 0 Å². The Morgan fingerprint density at radius 3 is 2.31 bits per heavy atom. The molecule has 2 aromatic carbocycles. The molecule has 0 spiro atoms. The number of aliphatic hydroxyl groups is 1. The van der Waals surface area contributed by atoms with E-state index in [4.69, 9.17) is 0 Å². The zero-order chi connectivity index (χ0) is 18.5. The Bertz CT molecular complexity index is 804. The van der Waals surface area contributed by atoms with Gasteiger partial charge in [0.15, 0.2) is 0 Å². The number of phenolic OH excluding ortho intramolecular Hbond substituents is 1. The average Bonchev–Trinajstić information content (AvgIpc) is 2.83. The topological polar surface area (TPSA) is 43.7 Å². The van der Waals surface area contributed by atoms with Crippen LogP contribution in [0.4, 0.5) is 4.39 Å². The summed E-state index contributed by atoms with van der Waals surface area (Å²) in [4.78, 5) is 2.44. The van der Waals surface area contributed by atoms with Crippen molar-refractivity contribution >= 4 is 0 Å². The van der Waals surface area contributed by atoms with Crippen molar-refractivity contribution in [2.75, 3.05) is 0 Å². The van der Waals surface area contributed by atoms with Gasteiger partial charge in [-0.25, -0.2) is 4.39 Å². The van der Waals surface area contributed by atoms with E-state index in [1.165, 1.54) is 12.1 Å². The number of nitrogens with zero attached hydrogens (tertiary/aromatic N) is 1. The van der Waals surface area contributed by atoms with Crippen LogP contribution in [0.3, 0.4) is 0 Å². The Hall–Kier alpha value is -1.91. The van der Waals surface area contributed by atoms with Gasteiger partial charge in [-0.3, -0.25) is 4.90 Å². The number of phenols is 1. The molecule has 138 valence electrons. The van der Waals surface area contributed by atoms with Gasteiger partial charge in [-0.1, -0.05) is 29.8 Å². The molecule has 4 rings (SSSR count). The molecule has 0 aliphatic carbocycles. The van der Waals surface area contributed by atoms with Crippen molar-refractivity contribution in [2.45, 2.75) is 63.8 Å². The monoisotopic (exact) mass is 355 g/mol. The number of rotatable bonds is 3. The number of benzene rings is 2. The first kappa shape index (κ1) is 17.5. The van der Waals surface area contributed by atoms with E-state index in [1.807, 2.05) is 19.9 Å². The predicted molar refractivity (Wildman–Crippen MR) is 99.5 cm³/mol. The van der Waals surface area contributed by atoms with Gasteiger partial charge in [0.1, 0.15) is 11.6 Å². The third-order valence-electron chi connectivity index (χ3n) is 6.18. The highest BCUT2D eigenvalue weighted by Crippen LogP contribution is 2.46. The number of halogens is 1. The highest BCUT2D eigenvalue weighted by Gasteiger charge is 2.48. The minimum Gasteiger partial charge on any atom is -0.507 e. The molecule has 0 amide bonds. The van der Waals surface area contributed by atoms with Crippen molar-refractivity contribution in [3.05, 3.63) is 64.5 Å². The summed E-state index contributed by atoms with van der Waals surface area (Å²) in [6.45, 7) is 4.70. The Kier molecular flexibility index (Phi) is 4.28. The van der Waals surface area contributed by atoms with Crippen LogP contribution in [0.15, 0.2) is 36.4 Å². The molecule has 2 N–H and O–H groups in total. The van der Waals surface area contributed by atoms with Crippen LogP contribution in [-0.4, -0.2) is 27.2 Å². The lowest BCUT2D eigenvalue weighted by molar-refractivity contribution is -0.0596. The second-order valence-electron chi connectivity index (χ2n) is 8.09. The molecule has 0 saturated carbocycles. The Morgan fingerprint density at radius 1 is 1.08 bits per heavy atom. The van der Waals surface area contributed by atoms with Crippen LogP contribution in [0.2, 0.25) is 0 Å². The second-order valence-corrected chi connectivity index (χ2v) is 8.09. The molecule has 26 heavy (non-hydrogen) atoms. The fourth-order valence-electron chi connectivity index (χ4n) is 4.94. The molecule has 2 bridgehead atoms. The smallest absolute Gasteiger partial charge is 0.123 e. The van der Waals surface area contributed by atoms with E-state index >= 15 is 0 Å². The Morgan fingerprint density at radius 2 is 1.69 bits per heavy atom. The summed E-state index contributed by atoms with van der Waals surface area (Å²) in [7, 11) is 0.